The summed E-state index contributed by atoms with van der Waals surface area (Å²) in [7, 11) is 0. The van der Waals surface area contributed by atoms with E-state index in [-0.39, 0.29) is 5.97 Å². The molecule has 3 nitrogen and oxygen atoms in total. The van der Waals surface area contributed by atoms with Crippen LogP contribution in [0.4, 0.5) is 0 Å². The van der Waals surface area contributed by atoms with Crippen molar-refractivity contribution < 1.29 is 9.53 Å². The molecule has 0 bridgehead atoms. The zero-order chi connectivity index (χ0) is 19.8. The van der Waals surface area contributed by atoms with Crippen LogP contribution in [0.5, 0.6) is 0 Å². The summed E-state index contributed by atoms with van der Waals surface area (Å²) >= 11 is 0. The molecule has 0 aliphatic heterocycles. The monoisotopic (exact) mass is 373 g/mol. The van der Waals surface area contributed by atoms with Crippen molar-refractivity contribution >= 4 is 5.97 Å². The van der Waals surface area contributed by atoms with Gasteiger partial charge in [-0.1, -0.05) is 66.7 Å². The van der Waals surface area contributed by atoms with Crippen molar-refractivity contribution in [3.63, 3.8) is 0 Å². The second-order valence-corrected chi connectivity index (χ2v) is 7.07. The first-order chi connectivity index (χ1) is 13.6. The van der Waals surface area contributed by atoms with Gasteiger partial charge >= 0.3 is 5.97 Å². The number of ether oxygens (including phenoxy) is 1. The molecule has 0 saturated heterocycles. The number of carbonyl (C=O) groups excluding carboxylic acids is 1. The fourth-order valence-corrected chi connectivity index (χ4v) is 3.20. The molecule has 0 aromatic heterocycles. The van der Waals surface area contributed by atoms with Crippen LogP contribution in [0.15, 0.2) is 78.9 Å². The molecule has 0 radical (unpaired) electrons. The molecule has 144 valence electrons. The Morgan fingerprint density at radius 3 is 1.79 bits per heavy atom. The van der Waals surface area contributed by atoms with Gasteiger partial charge in [-0.25, -0.2) is 4.79 Å². The summed E-state index contributed by atoms with van der Waals surface area (Å²) in [5.41, 5.74) is 5.74. The zero-order valence-corrected chi connectivity index (χ0v) is 16.6. The van der Waals surface area contributed by atoms with E-state index < -0.39 is 0 Å². The molecule has 0 N–H and O–H groups in total. The quantitative estimate of drug-likeness (QED) is 0.511. The number of aryl methyl sites for hydroxylation is 2. The summed E-state index contributed by atoms with van der Waals surface area (Å²) in [4.78, 5) is 14.5. The van der Waals surface area contributed by atoms with Crippen LogP contribution >= 0.6 is 0 Å². The predicted octanol–water partition coefficient (Wildman–Crippen LogP) is 5.16. The summed E-state index contributed by atoms with van der Waals surface area (Å²) in [6, 6.07) is 26.0. The van der Waals surface area contributed by atoms with Crippen LogP contribution in [-0.4, -0.2) is 24.0 Å². The highest BCUT2D eigenvalue weighted by atomic mass is 16.5. The van der Waals surface area contributed by atoms with Crippen molar-refractivity contribution in [2.24, 2.45) is 0 Å². The van der Waals surface area contributed by atoms with Gasteiger partial charge in [0.1, 0.15) is 6.61 Å². The van der Waals surface area contributed by atoms with Crippen LogP contribution in [0.25, 0.3) is 0 Å². The average Bonchev–Trinajstić information content (AvgIpc) is 2.72. The van der Waals surface area contributed by atoms with E-state index in [1.54, 1.807) is 12.1 Å². The number of hydrogen-bond acceptors (Lipinski definition) is 3. The van der Waals surface area contributed by atoms with Gasteiger partial charge in [0.25, 0.3) is 0 Å². The molecule has 0 fully saturated rings. The van der Waals surface area contributed by atoms with Gasteiger partial charge in [0.05, 0.1) is 5.56 Å². The lowest BCUT2D eigenvalue weighted by molar-refractivity contribution is 0.0453. The maximum absolute atomic E-state index is 12.2. The van der Waals surface area contributed by atoms with E-state index in [4.69, 9.17) is 4.74 Å². The normalized spacial score (nSPS) is 10.8. The SMILES string of the molecule is Cc1ccccc1CN(CCOC(=O)c1ccccc1)Cc1ccccc1C. The largest absolute Gasteiger partial charge is 0.461 e. The van der Waals surface area contributed by atoms with E-state index in [9.17, 15) is 4.79 Å². The fourth-order valence-electron chi connectivity index (χ4n) is 3.20. The lowest BCUT2D eigenvalue weighted by Gasteiger charge is -2.24. The maximum atomic E-state index is 12.2. The maximum Gasteiger partial charge on any atom is 0.338 e. The van der Waals surface area contributed by atoms with Crippen molar-refractivity contribution in [3.05, 3.63) is 107 Å². The fraction of sp³-hybridized carbons (Fsp3) is 0.240. The van der Waals surface area contributed by atoms with Crippen LogP contribution in [0, 0.1) is 13.8 Å². The van der Waals surface area contributed by atoms with Gasteiger partial charge in [-0.05, 0) is 48.2 Å². The summed E-state index contributed by atoms with van der Waals surface area (Å²) in [5, 5.41) is 0. The first kappa shape index (κ1) is 19.8. The highest BCUT2D eigenvalue weighted by molar-refractivity contribution is 5.89. The Morgan fingerprint density at radius 2 is 1.25 bits per heavy atom. The number of nitrogens with zero attached hydrogens (tertiary/aromatic N) is 1. The van der Waals surface area contributed by atoms with Crippen molar-refractivity contribution in [3.8, 4) is 0 Å². The van der Waals surface area contributed by atoms with Crippen LogP contribution in [0.3, 0.4) is 0 Å². The average molecular weight is 373 g/mol. The van der Waals surface area contributed by atoms with Crippen LogP contribution in [0.1, 0.15) is 32.6 Å². The smallest absolute Gasteiger partial charge is 0.338 e. The Balaban J connectivity index is 1.66. The number of esters is 1. The van der Waals surface area contributed by atoms with Gasteiger partial charge < -0.3 is 4.74 Å². The molecule has 0 amide bonds. The number of rotatable bonds is 8. The molecule has 3 aromatic carbocycles. The molecule has 0 saturated carbocycles. The van der Waals surface area contributed by atoms with Crippen molar-refractivity contribution in [2.45, 2.75) is 26.9 Å². The lowest BCUT2D eigenvalue weighted by atomic mass is 10.1. The Labute approximate surface area is 167 Å². The molecule has 3 aromatic rings. The van der Waals surface area contributed by atoms with E-state index >= 15 is 0 Å². The third-order valence-corrected chi connectivity index (χ3v) is 4.96. The summed E-state index contributed by atoms with van der Waals surface area (Å²) < 4.78 is 5.51. The molecule has 0 aliphatic rings. The van der Waals surface area contributed by atoms with Crippen molar-refractivity contribution in [1.82, 2.24) is 4.90 Å². The third kappa shape index (κ3) is 5.54. The number of hydrogen-bond donors (Lipinski definition) is 0. The van der Waals surface area contributed by atoms with Gasteiger partial charge in [-0.3, -0.25) is 4.90 Å². The summed E-state index contributed by atoms with van der Waals surface area (Å²) in [5.74, 6) is -0.271. The molecule has 3 rings (SSSR count). The zero-order valence-electron chi connectivity index (χ0n) is 16.6. The van der Waals surface area contributed by atoms with Gasteiger partial charge in [-0.2, -0.15) is 0 Å². The molecule has 0 spiro atoms. The Hall–Kier alpha value is -2.91. The van der Waals surface area contributed by atoms with E-state index in [1.807, 2.05) is 18.2 Å². The second-order valence-electron chi connectivity index (χ2n) is 7.07. The van der Waals surface area contributed by atoms with Crippen LogP contribution < -0.4 is 0 Å². The van der Waals surface area contributed by atoms with E-state index in [0.717, 1.165) is 13.1 Å². The molecule has 0 unspecified atom stereocenters. The van der Waals surface area contributed by atoms with Crippen LogP contribution in [-0.2, 0) is 17.8 Å². The van der Waals surface area contributed by atoms with Crippen molar-refractivity contribution in [2.75, 3.05) is 13.2 Å². The molecule has 3 heteroatoms. The van der Waals surface area contributed by atoms with Crippen LogP contribution in [0.2, 0.25) is 0 Å². The first-order valence-corrected chi connectivity index (χ1v) is 9.67. The van der Waals surface area contributed by atoms with Gasteiger partial charge in [0, 0.05) is 19.6 Å². The summed E-state index contributed by atoms with van der Waals surface area (Å²) in [6.45, 7) is 6.97. The molecule has 28 heavy (non-hydrogen) atoms. The Bertz CT molecular complexity index is 858. The second kappa shape index (κ2) is 9.86. The minimum Gasteiger partial charge on any atom is -0.461 e. The minimum absolute atomic E-state index is 0.271. The summed E-state index contributed by atoms with van der Waals surface area (Å²) in [6.07, 6.45) is 0. The number of benzene rings is 3. The topological polar surface area (TPSA) is 29.5 Å². The predicted molar refractivity (Wildman–Crippen MR) is 113 cm³/mol. The lowest BCUT2D eigenvalue weighted by Crippen LogP contribution is -2.28. The Kier molecular flexibility index (Phi) is 6.99. The van der Waals surface area contributed by atoms with Gasteiger partial charge in [0.15, 0.2) is 0 Å². The first-order valence-electron chi connectivity index (χ1n) is 9.67. The van der Waals surface area contributed by atoms with Crippen molar-refractivity contribution in [1.29, 1.82) is 0 Å². The number of carbonyl (C=O) groups is 1. The molecule has 0 heterocycles. The molecule has 0 atom stereocenters. The third-order valence-electron chi connectivity index (χ3n) is 4.96. The van der Waals surface area contributed by atoms with E-state index in [2.05, 4.69) is 67.3 Å². The minimum atomic E-state index is -0.271. The molecular formula is C25H27NO2. The van der Waals surface area contributed by atoms with Gasteiger partial charge in [0.2, 0.25) is 0 Å². The van der Waals surface area contributed by atoms with E-state index in [1.165, 1.54) is 22.3 Å². The van der Waals surface area contributed by atoms with E-state index in [0.29, 0.717) is 18.7 Å². The highest BCUT2D eigenvalue weighted by Crippen LogP contribution is 2.15. The van der Waals surface area contributed by atoms with Gasteiger partial charge in [-0.15, -0.1) is 0 Å². The Morgan fingerprint density at radius 1 is 0.750 bits per heavy atom. The highest BCUT2D eigenvalue weighted by Gasteiger charge is 2.12. The molecule has 0 aliphatic carbocycles. The molecular weight excluding hydrogens is 346 g/mol. The standard InChI is InChI=1S/C25H27NO2/c1-20-10-6-8-14-23(20)18-26(19-24-15-9-7-11-21(24)2)16-17-28-25(27)22-12-4-3-5-13-22/h3-15H,16-19H2,1-2H3.